The molecule has 0 bridgehead atoms. The van der Waals surface area contributed by atoms with Crippen LogP contribution < -0.4 is 25.4 Å². The van der Waals surface area contributed by atoms with Crippen molar-refractivity contribution >= 4 is 67.9 Å². The van der Waals surface area contributed by atoms with Crippen LogP contribution in [0.25, 0.3) is 16.3 Å². The lowest BCUT2D eigenvalue weighted by atomic mass is 10.1. The number of benzene rings is 5. The number of nitrogens with one attached hydrogen (secondary N) is 3. The Kier molecular flexibility index (Phi) is 11.4. The molecule has 51 heavy (non-hydrogen) atoms. The Labute approximate surface area is 303 Å². The van der Waals surface area contributed by atoms with Crippen molar-refractivity contribution in [3.8, 4) is 11.5 Å². The van der Waals surface area contributed by atoms with Crippen molar-refractivity contribution in [2.24, 2.45) is 0 Å². The number of methoxy groups -OCH3 is 1. The van der Waals surface area contributed by atoms with Gasteiger partial charge in [0.1, 0.15) is 22.4 Å². The number of fused-ring (bicyclic) bond motifs is 1. The molecule has 0 aliphatic heterocycles. The molecule has 0 aliphatic rings. The van der Waals surface area contributed by atoms with E-state index in [0.29, 0.717) is 34.3 Å². The standard InChI is InChI=1S/C40H34N4O5S2/c1-3-49-31-20-21-33-35(25-31)51-40(43-33)44-39(47)36(27-13-6-4-7-14-27)50-32-19-11-17-29(24-32)41-38(46)34(23-26-12-10-18-30(22-26)48-2)42-37(45)28-15-8-5-9-16-28/h4-25,36H,3H2,1-2H3,(H,41,46)(H,42,45)(H,43,44,47)/b34-23-. The second-order valence-electron chi connectivity index (χ2n) is 11.1. The highest BCUT2D eigenvalue weighted by Gasteiger charge is 2.24. The number of hydrogen-bond donors (Lipinski definition) is 3. The molecule has 5 aromatic carbocycles. The molecule has 0 aliphatic carbocycles. The summed E-state index contributed by atoms with van der Waals surface area (Å²) >= 11 is 2.72. The second-order valence-corrected chi connectivity index (χ2v) is 13.3. The Morgan fingerprint density at radius 3 is 2.35 bits per heavy atom. The Hall–Kier alpha value is -5.91. The molecule has 256 valence electrons. The molecule has 1 heterocycles. The van der Waals surface area contributed by atoms with Crippen molar-refractivity contribution in [2.75, 3.05) is 24.4 Å². The number of rotatable bonds is 13. The highest BCUT2D eigenvalue weighted by atomic mass is 32.2. The number of ether oxygens (including phenoxy) is 2. The maximum atomic E-state index is 13.8. The van der Waals surface area contributed by atoms with E-state index in [4.69, 9.17) is 9.47 Å². The molecule has 0 saturated carbocycles. The largest absolute Gasteiger partial charge is 0.497 e. The van der Waals surface area contributed by atoms with Crippen LogP contribution in [-0.2, 0) is 9.59 Å². The minimum atomic E-state index is -0.628. The number of thioether (sulfide) groups is 1. The lowest BCUT2D eigenvalue weighted by Crippen LogP contribution is -2.30. The molecule has 1 aromatic heterocycles. The molecule has 0 radical (unpaired) electrons. The Bertz CT molecular complexity index is 2190. The van der Waals surface area contributed by atoms with Crippen LogP contribution in [0.2, 0.25) is 0 Å². The summed E-state index contributed by atoms with van der Waals surface area (Å²) in [6.45, 7) is 2.49. The van der Waals surface area contributed by atoms with Gasteiger partial charge in [-0.2, -0.15) is 0 Å². The first-order chi connectivity index (χ1) is 24.9. The van der Waals surface area contributed by atoms with Crippen molar-refractivity contribution in [2.45, 2.75) is 17.1 Å². The van der Waals surface area contributed by atoms with Crippen molar-refractivity contribution in [1.82, 2.24) is 10.3 Å². The molecule has 3 N–H and O–H groups in total. The fraction of sp³-hybridized carbons (Fsp3) is 0.100. The van der Waals surface area contributed by atoms with Crippen LogP contribution in [0, 0.1) is 0 Å². The number of hydrogen-bond acceptors (Lipinski definition) is 8. The van der Waals surface area contributed by atoms with E-state index in [0.717, 1.165) is 26.4 Å². The highest BCUT2D eigenvalue weighted by molar-refractivity contribution is 8.00. The van der Waals surface area contributed by atoms with Gasteiger partial charge in [0.15, 0.2) is 5.13 Å². The van der Waals surface area contributed by atoms with Gasteiger partial charge in [0.2, 0.25) is 5.91 Å². The van der Waals surface area contributed by atoms with Crippen molar-refractivity contribution < 1.29 is 23.9 Å². The summed E-state index contributed by atoms with van der Waals surface area (Å²) in [5.41, 5.74) is 3.18. The first kappa shape index (κ1) is 34.9. The maximum Gasteiger partial charge on any atom is 0.272 e. The van der Waals surface area contributed by atoms with Gasteiger partial charge in [0.05, 0.1) is 23.9 Å². The average Bonchev–Trinajstić information content (AvgIpc) is 3.56. The first-order valence-corrected chi connectivity index (χ1v) is 17.8. The van der Waals surface area contributed by atoms with E-state index in [1.165, 1.54) is 23.1 Å². The van der Waals surface area contributed by atoms with E-state index in [1.807, 2.05) is 73.7 Å². The van der Waals surface area contributed by atoms with E-state index < -0.39 is 17.1 Å². The zero-order chi connectivity index (χ0) is 35.6. The van der Waals surface area contributed by atoms with E-state index in [2.05, 4.69) is 20.9 Å². The van der Waals surface area contributed by atoms with Gasteiger partial charge >= 0.3 is 0 Å². The minimum Gasteiger partial charge on any atom is -0.497 e. The number of thiazole rings is 1. The topological polar surface area (TPSA) is 119 Å². The molecule has 9 nitrogen and oxygen atoms in total. The van der Waals surface area contributed by atoms with Gasteiger partial charge in [-0.25, -0.2) is 4.98 Å². The number of amides is 3. The predicted octanol–water partition coefficient (Wildman–Crippen LogP) is 8.59. The molecule has 11 heteroatoms. The summed E-state index contributed by atoms with van der Waals surface area (Å²) in [5.74, 6) is 0.168. The van der Waals surface area contributed by atoms with Crippen LogP contribution >= 0.6 is 23.1 Å². The maximum absolute atomic E-state index is 13.8. The number of aromatic nitrogens is 1. The zero-order valence-electron chi connectivity index (χ0n) is 27.8. The normalized spacial score (nSPS) is 11.8. The molecule has 6 rings (SSSR count). The third-order valence-corrected chi connectivity index (χ3v) is 9.70. The summed E-state index contributed by atoms with van der Waals surface area (Å²) in [5, 5.41) is 8.54. The number of anilines is 2. The monoisotopic (exact) mass is 714 g/mol. The van der Waals surface area contributed by atoms with Gasteiger partial charge in [-0.05, 0) is 84.8 Å². The van der Waals surface area contributed by atoms with E-state index in [-0.39, 0.29) is 11.6 Å². The summed E-state index contributed by atoms with van der Waals surface area (Å²) in [6.07, 6.45) is 1.59. The fourth-order valence-corrected chi connectivity index (χ4v) is 7.09. The Balaban J connectivity index is 1.22. The predicted molar refractivity (Wildman–Crippen MR) is 204 cm³/mol. The molecule has 0 fully saturated rings. The van der Waals surface area contributed by atoms with Crippen LogP contribution in [-0.4, -0.2) is 36.4 Å². The van der Waals surface area contributed by atoms with Crippen molar-refractivity contribution in [1.29, 1.82) is 0 Å². The lowest BCUT2D eigenvalue weighted by molar-refractivity contribution is -0.116. The second kappa shape index (κ2) is 16.7. The summed E-state index contributed by atoms with van der Waals surface area (Å²) < 4.78 is 11.9. The number of carbonyl (C=O) groups excluding carboxylic acids is 3. The van der Waals surface area contributed by atoms with Crippen molar-refractivity contribution in [3.05, 3.63) is 150 Å². The summed E-state index contributed by atoms with van der Waals surface area (Å²) in [7, 11) is 1.56. The minimum absolute atomic E-state index is 0.0425. The average molecular weight is 715 g/mol. The SMILES string of the molecule is CCOc1ccc2nc(NC(=O)C(Sc3cccc(NC(=O)/C(=C/c4cccc(OC)c4)NC(=O)c4ccccc4)c3)c3ccccc3)sc2c1. The van der Waals surface area contributed by atoms with Gasteiger partial charge in [-0.15, -0.1) is 11.8 Å². The van der Waals surface area contributed by atoms with Crippen LogP contribution in [0.3, 0.4) is 0 Å². The van der Waals surface area contributed by atoms with Gasteiger partial charge in [-0.3, -0.25) is 14.4 Å². The quantitative estimate of drug-likeness (QED) is 0.0810. The van der Waals surface area contributed by atoms with Crippen LogP contribution in [0.1, 0.15) is 33.7 Å². The van der Waals surface area contributed by atoms with Crippen LogP contribution in [0.5, 0.6) is 11.5 Å². The van der Waals surface area contributed by atoms with Crippen molar-refractivity contribution in [3.63, 3.8) is 0 Å². The van der Waals surface area contributed by atoms with Gasteiger partial charge in [-0.1, -0.05) is 78.1 Å². The van der Waals surface area contributed by atoms with E-state index >= 15 is 0 Å². The lowest BCUT2D eigenvalue weighted by Gasteiger charge is -2.17. The Morgan fingerprint density at radius 1 is 0.824 bits per heavy atom. The summed E-state index contributed by atoms with van der Waals surface area (Å²) in [4.78, 5) is 46.0. The van der Waals surface area contributed by atoms with Crippen LogP contribution in [0.4, 0.5) is 10.8 Å². The molecule has 6 aromatic rings. The molecule has 0 saturated heterocycles. The summed E-state index contributed by atoms with van der Waals surface area (Å²) in [6, 6.07) is 38.2. The molecular formula is C40H34N4O5S2. The van der Waals surface area contributed by atoms with Gasteiger partial charge in [0.25, 0.3) is 11.8 Å². The Morgan fingerprint density at radius 2 is 1.59 bits per heavy atom. The number of nitrogens with zero attached hydrogens (tertiary/aromatic N) is 1. The smallest absolute Gasteiger partial charge is 0.272 e. The molecule has 1 atom stereocenters. The van der Waals surface area contributed by atoms with E-state index in [1.54, 1.807) is 73.8 Å². The zero-order valence-corrected chi connectivity index (χ0v) is 29.4. The first-order valence-electron chi connectivity index (χ1n) is 16.1. The third-order valence-electron chi connectivity index (χ3n) is 7.52. The molecule has 3 amide bonds. The molecule has 1 unspecified atom stereocenters. The van der Waals surface area contributed by atoms with Crippen LogP contribution in [0.15, 0.2) is 138 Å². The van der Waals surface area contributed by atoms with Gasteiger partial charge < -0.3 is 25.4 Å². The third kappa shape index (κ3) is 9.21. The fourth-order valence-electron chi connectivity index (χ4n) is 5.11. The molecule has 0 spiro atoms. The molecular weight excluding hydrogens is 681 g/mol. The highest BCUT2D eigenvalue weighted by Crippen LogP contribution is 2.38. The van der Waals surface area contributed by atoms with E-state index in [9.17, 15) is 14.4 Å². The van der Waals surface area contributed by atoms with Gasteiger partial charge in [0, 0.05) is 16.1 Å². The number of carbonyl (C=O) groups is 3.